The summed E-state index contributed by atoms with van der Waals surface area (Å²) in [5.41, 5.74) is 4.29. The van der Waals surface area contributed by atoms with E-state index >= 15 is 0 Å². The number of esters is 1. The minimum Gasteiger partial charge on any atom is -0.464 e. The Hall–Kier alpha value is -3.60. The van der Waals surface area contributed by atoms with E-state index in [0.717, 1.165) is 44.2 Å². The zero-order valence-corrected chi connectivity index (χ0v) is 15.4. The second-order valence-corrected chi connectivity index (χ2v) is 6.91. The third kappa shape index (κ3) is 2.81. The molecule has 3 heterocycles. The van der Waals surface area contributed by atoms with E-state index in [1.807, 2.05) is 66.2 Å². The molecule has 28 heavy (non-hydrogen) atoms. The van der Waals surface area contributed by atoms with Gasteiger partial charge in [-0.3, -0.25) is 4.79 Å². The van der Waals surface area contributed by atoms with Gasteiger partial charge in [-0.15, -0.1) is 0 Å². The molecule has 0 radical (unpaired) electrons. The number of carbonyl (C=O) groups excluding carboxylic acids is 1. The quantitative estimate of drug-likeness (QED) is 0.425. The van der Waals surface area contributed by atoms with E-state index in [4.69, 9.17) is 9.15 Å². The average molecular weight is 370 g/mol. The third-order valence-electron chi connectivity index (χ3n) is 4.98. The number of benzene rings is 2. The molecule has 0 fully saturated rings. The van der Waals surface area contributed by atoms with Crippen LogP contribution in [0, 0.1) is 6.92 Å². The lowest BCUT2D eigenvalue weighted by Gasteiger charge is -2.03. The maximum Gasteiger partial charge on any atom is 0.310 e. The molecule has 3 aromatic heterocycles. The van der Waals surface area contributed by atoms with E-state index < -0.39 is 0 Å². The standard InChI is InChI=1S/C23H18N2O3/c1-15-5-4-10-25-12-18(24-23(15)25)14-28-21(26)11-17-13-27-20-9-8-16-6-2-3-7-19(16)22(17)20/h2-10,12-13H,11,14H2,1H3. The van der Waals surface area contributed by atoms with Crippen LogP contribution in [0.25, 0.3) is 27.4 Å². The van der Waals surface area contributed by atoms with E-state index in [0.29, 0.717) is 0 Å². The summed E-state index contributed by atoms with van der Waals surface area (Å²) in [5.74, 6) is -0.301. The summed E-state index contributed by atoms with van der Waals surface area (Å²) in [6.45, 7) is 2.16. The number of fused-ring (bicyclic) bond motifs is 4. The van der Waals surface area contributed by atoms with E-state index in [9.17, 15) is 4.79 Å². The van der Waals surface area contributed by atoms with Crippen LogP contribution in [-0.4, -0.2) is 15.4 Å². The molecule has 5 aromatic rings. The number of furan rings is 1. The smallest absolute Gasteiger partial charge is 0.310 e. The van der Waals surface area contributed by atoms with Crippen molar-refractivity contribution in [3.05, 3.63) is 84.0 Å². The molecule has 0 spiro atoms. The molecular weight excluding hydrogens is 352 g/mol. The van der Waals surface area contributed by atoms with Crippen molar-refractivity contribution in [1.29, 1.82) is 0 Å². The molecule has 0 unspecified atom stereocenters. The number of aryl methyl sites for hydroxylation is 1. The van der Waals surface area contributed by atoms with Crippen LogP contribution < -0.4 is 0 Å². The van der Waals surface area contributed by atoms with Crippen LogP contribution in [0.5, 0.6) is 0 Å². The van der Waals surface area contributed by atoms with Crippen molar-refractivity contribution in [3.63, 3.8) is 0 Å². The highest BCUT2D eigenvalue weighted by molar-refractivity contribution is 6.08. The Morgan fingerprint density at radius 2 is 2.04 bits per heavy atom. The van der Waals surface area contributed by atoms with Gasteiger partial charge in [0, 0.05) is 23.3 Å². The first-order valence-corrected chi connectivity index (χ1v) is 9.16. The van der Waals surface area contributed by atoms with E-state index in [1.165, 1.54) is 0 Å². The first kappa shape index (κ1) is 16.6. The van der Waals surface area contributed by atoms with Crippen LogP contribution in [0.2, 0.25) is 0 Å². The van der Waals surface area contributed by atoms with Gasteiger partial charge in [0.15, 0.2) is 0 Å². The molecule has 5 rings (SSSR count). The van der Waals surface area contributed by atoms with E-state index in [2.05, 4.69) is 11.1 Å². The van der Waals surface area contributed by atoms with Gasteiger partial charge in [-0.25, -0.2) is 4.98 Å². The molecule has 5 nitrogen and oxygen atoms in total. The van der Waals surface area contributed by atoms with Crippen LogP contribution >= 0.6 is 0 Å². The van der Waals surface area contributed by atoms with Gasteiger partial charge in [0.05, 0.1) is 18.4 Å². The number of imidazole rings is 1. The van der Waals surface area contributed by atoms with Crippen LogP contribution in [0.3, 0.4) is 0 Å². The first-order valence-electron chi connectivity index (χ1n) is 9.16. The van der Waals surface area contributed by atoms with Gasteiger partial charge >= 0.3 is 5.97 Å². The summed E-state index contributed by atoms with van der Waals surface area (Å²) in [7, 11) is 0. The Bertz CT molecular complexity index is 1330. The van der Waals surface area contributed by atoms with Crippen LogP contribution in [-0.2, 0) is 22.6 Å². The minimum atomic E-state index is -0.301. The monoisotopic (exact) mass is 370 g/mol. The molecule has 0 N–H and O–H groups in total. The molecule has 0 saturated heterocycles. The number of rotatable bonds is 4. The molecule has 0 amide bonds. The van der Waals surface area contributed by atoms with Crippen molar-refractivity contribution >= 4 is 33.4 Å². The number of hydrogen-bond donors (Lipinski definition) is 0. The Morgan fingerprint density at radius 3 is 2.93 bits per heavy atom. The number of aromatic nitrogens is 2. The average Bonchev–Trinajstić information content (AvgIpc) is 3.31. The molecule has 0 atom stereocenters. The maximum atomic E-state index is 12.4. The summed E-state index contributed by atoms with van der Waals surface area (Å²) < 4.78 is 13.1. The first-order chi connectivity index (χ1) is 13.7. The normalized spacial score (nSPS) is 11.5. The fourth-order valence-corrected chi connectivity index (χ4v) is 3.64. The number of carbonyl (C=O) groups is 1. The highest BCUT2D eigenvalue weighted by Crippen LogP contribution is 2.30. The lowest BCUT2D eigenvalue weighted by Crippen LogP contribution is -2.08. The topological polar surface area (TPSA) is 56.7 Å². The van der Waals surface area contributed by atoms with Crippen LogP contribution in [0.4, 0.5) is 0 Å². The van der Waals surface area contributed by atoms with Crippen molar-refractivity contribution in [2.75, 3.05) is 0 Å². The third-order valence-corrected chi connectivity index (χ3v) is 4.98. The van der Waals surface area contributed by atoms with Crippen LogP contribution in [0.15, 0.2) is 71.6 Å². The van der Waals surface area contributed by atoms with Gasteiger partial charge in [0.2, 0.25) is 0 Å². The van der Waals surface area contributed by atoms with Crippen LogP contribution in [0.1, 0.15) is 16.8 Å². The number of pyridine rings is 1. The Labute approximate surface area is 161 Å². The predicted molar refractivity (Wildman–Crippen MR) is 107 cm³/mol. The molecule has 0 aliphatic rings. The Kier molecular flexibility index (Phi) is 3.86. The Morgan fingerprint density at radius 1 is 1.14 bits per heavy atom. The fraction of sp³-hybridized carbons (Fsp3) is 0.130. The number of hydrogen-bond acceptors (Lipinski definition) is 4. The van der Waals surface area contributed by atoms with Crippen molar-refractivity contribution in [1.82, 2.24) is 9.38 Å². The molecule has 0 aliphatic carbocycles. The second kappa shape index (κ2) is 6.53. The lowest BCUT2D eigenvalue weighted by atomic mass is 10.0. The molecule has 0 bridgehead atoms. The van der Waals surface area contributed by atoms with E-state index in [-0.39, 0.29) is 19.0 Å². The van der Waals surface area contributed by atoms with E-state index in [1.54, 1.807) is 6.26 Å². The van der Waals surface area contributed by atoms with Gasteiger partial charge in [-0.2, -0.15) is 0 Å². The van der Waals surface area contributed by atoms with Crippen molar-refractivity contribution in [2.45, 2.75) is 20.0 Å². The second-order valence-electron chi connectivity index (χ2n) is 6.91. The van der Waals surface area contributed by atoms with Crippen molar-refractivity contribution < 1.29 is 13.9 Å². The zero-order valence-electron chi connectivity index (χ0n) is 15.4. The zero-order chi connectivity index (χ0) is 19.1. The molecule has 0 aliphatic heterocycles. The highest BCUT2D eigenvalue weighted by atomic mass is 16.5. The SMILES string of the molecule is Cc1cccn2cc(COC(=O)Cc3coc4ccc5ccccc5c34)nc12. The summed E-state index contributed by atoms with van der Waals surface area (Å²) in [4.78, 5) is 17.0. The summed E-state index contributed by atoms with van der Waals surface area (Å²) in [6.07, 6.45) is 5.62. The molecule has 0 saturated carbocycles. The number of nitrogens with zero attached hydrogens (tertiary/aromatic N) is 2. The molecule has 2 aromatic carbocycles. The van der Waals surface area contributed by atoms with Gasteiger partial charge in [-0.1, -0.05) is 36.4 Å². The molecule has 5 heteroatoms. The number of ether oxygens (including phenoxy) is 1. The van der Waals surface area contributed by atoms with Gasteiger partial charge in [0.25, 0.3) is 0 Å². The van der Waals surface area contributed by atoms with Crippen molar-refractivity contribution in [2.24, 2.45) is 0 Å². The summed E-state index contributed by atoms with van der Waals surface area (Å²) in [5, 5.41) is 3.16. The Balaban J connectivity index is 1.36. The highest BCUT2D eigenvalue weighted by Gasteiger charge is 2.15. The van der Waals surface area contributed by atoms with Gasteiger partial charge in [-0.05, 0) is 35.4 Å². The predicted octanol–water partition coefficient (Wildman–Crippen LogP) is 4.83. The fourth-order valence-electron chi connectivity index (χ4n) is 3.64. The summed E-state index contributed by atoms with van der Waals surface area (Å²) >= 11 is 0. The molecular formula is C23H18N2O3. The minimum absolute atomic E-state index is 0.149. The van der Waals surface area contributed by atoms with Gasteiger partial charge in [0.1, 0.15) is 17.8 Å². The van der Waals surface area contributed by atoms with Gasteiger partial charge < -0.3 is 13.6 Å². The maximum absolute atomic E-state index is 12.4. The lowest BCUT2D eigenvalue weighted by molar-refractivity contribution is -0.144. The van der Waals surface area contributed by atoms with Crippen molar-refractivity contribution in [3.8, 4) is 0 Å². The molecule has 138 valence electrons. The summed E-state index contributed by atoms with van der Waals surface area (Å²) in [6, 6.07) is 16.0. The largest absolute Gasteiger partial charge is 0.464 e.